The second-order valence-corrected chi connectivity index (χ2v) is 7.24. The van der Waals surface area contributed by atoms with Gasteiger partial charge in [0.25, 0.3) is 0 Å². The summed E-state index contributed by atoms with van der Waals surface area (Å²) in [4.78, 5) is 0. The second kappa shape index (κ2) is 6.75. The van der Waals surface area contributed by atoms with Crippen LogP contribution in [0.15, 0.2) is 18.2 Å². The molecular weight excluding hydrogens is 293 g/mol. The van der Waals surface area contributed by atoms with Crippen LogP contribution in [0, 0.1) is 0 Å². The lowest BCUT2D eigenvalue weighted by molar-refractivity contribution is 0.530. The van der Waals surface area contributed by atoms with Crippen molar-refractivity contribution in [2.75, 3.05) is 18.6 Å². The Morgan fingerprint density at radius 2 is 1.83 bits per heavy atom. The normalized spacial score (nSPS) is 13.6. The van der Waals surface area contributed by atoms with Crippen LogP contribution < -0.4 is 5.32 Å². The molecule has 0 saturated carbocycles. The molecule has 1 aromatic rings. The van der Waals surface area contributed by atoms with Crippen molar-refractivity contribution >= 4 is 33.0 Å². The predicted octanol–water partition coefficient (Wildman–Crippen LogP) is 3.08. The summed E-state index contributed by atoms with van der Waals surface area (Å²) < 4.78 is 22.5. The van der Waals surface area contributed by atoms with Crippen LogP contribution in [-0.2, 0) is 9.84 Å². The number of rotatable bonds is 6. The zero-order valence-corrected chi connectivity index (χ0v) is 12.7. The first-order valence-electron chi connectivity index (χ1n) is 5.70. The van der Waals surface area contributed by atoms with Crippen LogP contribution in [0.1, 0.15) is 24.9 Å². The van der Waals surface area contributed by atoms with Gasteiger partial charge in [-0.3, -0.25) is 0 Å². The van der Waals surface area contributed by atoms with Crippen LogP contribution in [-0.4, -0.2) is 27.0 Å². The van der Waals surface area contributed by atoms with Gasteiger partial charge < -0.3 is 5.32 Å². The zero-order valence-electron chi connectivity index (χ0n) is 10.4. The van der Waals surface area contributed by atoms with Gasteiger partial charge in [0.1, 0.15) is 9.84 Å². The molecule has 18 heavy (non-hydrogen) atoms. The third-order valence-corrected chi connectivity index (χ3v) is 4.21. The first-order chi connectivity index (χ1) is 8.35. The highest BCUT2D eigenvalue weighted by Crippen LogP contribution is 2.32. The van der Waals surface area contributed by atoms with Gasteiger partial charge in [-0.1, -0.05) is 36.2 Å². The summed E-state index contributed by atoms with van der Waals surface area (Å²) in [5.41, 5.74) is 0.770. The molecular formula is C12H17Cl2NO2S. The number of benzene rings is 1. The van der Waals surface area contributed by atoms with Crippen molar-refractivity contribution in [3.05, 3.63) is 33.8 Å². The van der Waals surface area contributed by atoms with Crippen molar-refractivity contribution in [1.29, 1.82) is 0 Å². The zero-order chi connectivity index (χ0) is 13.8. The summed E-state index contributed by atoms with van der Waals surface area (Å²) in [6.45, 7) is 2.67. The van der Waals surface area contributed by atoms with Gasteiger partial charge in [-0.15, -0.1) is 0 Å². The predicted molar refractivity (Wildman–Crippen MR) is 77.2 cm³/mol. The van der Waals surface area contributed by atoms with E-state index >= 15 is 0 Å². The van der Waals surface area contributed by atoms with E-state index in [9.17, 15) is 8.42 Å². The molecule has 102 valence electrons. The van der Waals surface area contributed by atoms with E-state index in [4.69, 9.17) is 23.2 Å². The van der Waals surface area contributed by atoms with Gasteiger partial charge in [-0.05, 0) is 25.1 Å². The number of hydrogen-bond donors (Lipinski definition) is 1. The highest BCUT2D eigenvalue weighted by molar-refractivity contribution is 7.90. The quantitative estimate of drug-likeness (QED) is 0.878. The standard InChI is InChI=1S/C12H17Cl2NO2S/c1-3-15-11(7-8-18(2,16)17)12-9(13)5-4-6-10(12)14/h4-6,11,15H,3,7-8H2,1-2H3. The number of sulfone groups is 1. The minimum Gasteiger partial charge on any atom is -0.310 e. The monoisotopic (exact) mass is 309 g/mol. The summed E-state index contributed by atoms with van der Waals surface area (Å²) in [5.74, 6) is 0.103. The molecule has 0 aliphatic heterocycles. The molecule has 6 heteroatoms. The molecule has 1 rings (SSSR count). The van der Waals surface area contributed by atoms with E-state index in [-0.39, 0.29) is 11.8 Å². The smallest absolute Gasteiger partial charge is 0.147 e. The summed E-state index contributed by atoms with van der Waals surface area (Å²) in [6, 6.07) is 5.14. The Morgan fingerprint density at radius 1 is 1.28 bits per heavy atom. The van der Waals surface area contributed by atoms with Gasteiger partial charge in [-0.25, -0.2) is 8.42 Å². The first kappa shape index (κ1) is 15.8. The lowest BCUT2D eigenvalue weighted by atomic mass is 10.0. The van der Waals surface area contributed by atoms with Crippen LogP contribution in [0.4, 0.5) is 0 Å². The van der Waals surface area contributed by atoms with Gasteiger partial charge in [0.05, 0.1) is 5.75 Å². The van der Waals surface area contributed by atoms with Gasteiger partial charge in [0.2, 0.25) is 0 Å². The maximum absolute atomic E-state index is 11.2. The van der Waals surface area contributed by atoms with Crippen molar-refractivity contribution in [2.24, 2.45) is 0 Å². The Hall–Kier alpha value is -0.290. The minimum absolute atomic E-state index is 0.103. The molecule has 3 nitrogen and oxygen atoms in total. The molecule has 0 aliphatic carbocycles. The largest absolute Gasteiger partial charge is 0.310 e. The van der Waals surface area contributed by atoms with Crippen molar-refractivity contribution in [2.45, 2.75) is 19.4 Å². The molecule has 0 aromatic heterocycles. The summed E-state index contributed by atoms with van der Waals surface area (Å²) >= 11 is 12.3. The van der Waals surface area contributed by atoms with E-state index in [1.807, 2.05) is 6.92 Å². The van der Waals surface area contributed by atoms with E-state index < -0.39 is 9.84 Å². The molecule has 1 unspecified atom stereocenters. The minimum atomic E-state index is -3.00. The SMILES string of the molecule is CCNC(CCS(C)(=O)=O)c1c(Cl)cccc1Cl. The van der Waals surface area contributed by atoms with Gasteiger partial charge in [-0.2, -0.15) is 0 Å². The van der Waals surface area contributed by atoms with Crippen LogP contribution in [0.25, 0.3) is 0 Å². The number of halogens is 2. The molecule has 0 radical (unpaired) electrons. The van der Waals surface area contributed by atoms with E-state index in [0.29, 0.717) is 16.5 Å². The number of hydrogen-bond acceptors (Lipinski definition) is 3. The Balaban J connectivity index is 2.97. The average Bonchev–Trinajstić information content (AvgIpc) is 2.24. The third-order valence-electron chi connectivity index (χ3n) is 2.58. The molecule has 1 N–H and O–H groups in total. The van der Waals surface area contributed by atoms with E-state index in [0.717, 1.165) is 12.1 Å². The molecule has 0 amide bonds. The fourth-order valence-corrected chi connectivity index (χ4v) is 3.10. The van der Waals surface area contributed by atoms with Crippen LogP contribution in [0.5, 0.6) is 0 Å². The van der Waals surface area contributed by atoms with Crippen LogP contribution in [0.3, 0.4) is 0 Å². The van der Waals surface area contributed by atoms with Crippen LogP contribution >= 0.6 is 23.2 Å². The molecule has 0 fully saturated rings. The highest BCUT2D eigenvalue weighted by Gasteiger charge is 2.18. The summed E-state index contributed by atoms with van der Waals surface area (Å²) in [7, 11) is -3.00. The van der Waals surface area contributed by atoms with Crippen LogP contribution in [0.2, 0.25) is 10.0 Å². The van der Waals surface area contributed by atoms with Gasteiger partial charge >= 0.3 is 0 Å². The molecule has 0 aliphatic rings. The summed E-state index contributed by atoms with van der Waals surface area (Å²) in [6.07, 6.45) is 1.68. The molecule has 0 saturated heterocycles. The molecule has 0 heterocycles. The third kappa shape index (κ3) is 4.76. The van der Waals surface area contributed by atoms with Gasteiger partial charge in [0.15, 0.2) is 0 Å². The highest BCUT2D eigenvalue weighted by atomic mass is 35.5. The molecule has 1 atom stereocenters. The lowest BCUT2D eigenvalue weighted by Gasteiger charge is -2.20. The average molecular weight is 310 g/mol. The number of nitrogens with one attached hydrogen (secondary N) is 1. The first-order valence-corrected chi connectivity index (χ1v) is 8.51. The topological polar surface area (TPSA) is 46.2 Å². The fourth-order valence-electron chi connectivity index (χ4n) is 1.77. The molecule has 0 spiro atoms. The summed E-state index contributed by atoms with van der Waals surface area (Å²) in [5, 5.41) is 4.33. The van der Waals surface area contributed by atoms with E-state index in [2.05, 4.69) is 5.32 Å². The molecule has 0 bridgehead atoms. The van der Waals surface area contributed by atoms with E-state index in [1.165, 1.54) is 6.26 Å². The Labute approximate surface area is 118 Å². The van der Waals surface area contributed by atoms with Crippen molar-refractivity contribution < 1.29 is 8.42 Å². The van der Waals surface area contributed by atoms with Gasteiger partial charge in [0, 0.05) is 27.9 Å². The Morgan fingerprint density at radius 3 is 2.28 bits per heavy atom. The fraction of sp³-hybridized carbons (Fsp3) is 0.500. The van der Waals surface area contributed by atoms with Crippen molar-refractivity contribution in [3.63, 3.8) is 0 Å². The Kier molecular flexibility index (Phi) is 5.92. The Bertz CT molecular complexity index is 483. The lowest BCUT2D eigenvalue weighted by Crippen LogP contribution is -2.24. The second-order valence-electron chi connectivity index (χ2n) is 4.16. The maximum Gasteiger partial charge on any atom is 0.147 e. The van der Waals surface area contributed by atoms with Crippen molar-refractivity contribution in [1.82, 2.24) is 5.32 Å². The maximum atomic E-state index is 11.2. The molecule has 1 aromatic carbocycles. The van der Waals surface area contributed by atoms with E-state index in [1.54, 1.807) is 18.2 Å². The van der Waals surface area contributed by atoms with Crippen molar-refractivity contribution in [3.8, 4) is 0 Å².